The first kappa shape index (κ1) is 13.9. The summed E-state index contributed by atoms with van der Waals surface area (Å²) in [6, 6.07) is 0.172. The molecule has 0 saturated carbocycles. The number of carbonyl (C=O) groups is 1. The molecule has 4 heteroatoms. The molecule has 0 rings (SSSR count). The second-order valence-electron chi connectivity index (χ2n) is 4.14. The molecule has 84 valence electrons. The average molecular weight is 266 g/mol. The van der Waals surface area contributed by atoms with Crippen LogP contribution in [0.3, 0.4) is 0 Å². The molecule has 0 aromatic rings. The Labute approximate surface area is 94.6 Å². The van der Waals surface area contributed by atoms with Gasteiger partial charge in [-0.05, 0) is 34.1 Å². The Morgan fingerprint density at radius 1 is 1.50 bits per heavy atom. The SMILES string of the molecule is CC(C)N(CCCO)C(=O)C(C)(C)Br. The van der Waals surface area contributed by atoms with Crippen molar-refractivity contribution in [2.45, 2.75) is 44.5 Å². The normalized spacial score (nSPS) is 11.9. The average Bonchev–Trinajstić information content (AvgIpc) is 2.02. The lowest BCUT2D eigenvalue weighted by Crippen LogP contribution is -2.46. The van der Waals surface area contributed by atoms with Crippen molar-refractivity contribution in [1.82, 2.24) is 4.90 Å². The molecule has 1 N–H and O–H groups in total. The predicted molar refractivity (Wildman–Crippen MR) is 61.6 cm³/mol. The van der Waals surface area contributed by atoms with Crippen molar-refractivity contribution in [3.8, 4) is 0 Å². The van der Waals surface area contributed by atoms with Crippen LogP contribution < -0.4 is 0 Å². The Hall–Kier alpha value is -0.0900. The number of halogens is 1. The van der Waals surface area contributed by atoms with Gasteiger partial charge in [-0.25, -0.2) is 0 Å². The molecule has 0 aromatic heterocycles. The van der Waals surface area contributed by atoms with Gasteiger partial charge in [0.1, 0.15) is 0 Å². The van der Waals surface area contributed by atoms with E-state index in [1.165, 1.54) is 0 Å². The Kier molecular flexibility index (Phi) is 5.67. The van der Waals surface area contributed by atoms with E-state index in [4.69, 9.17) is 5.11 Å². The number of aliphatic hydroxyl groups is 1. The van der Waals surface area contributed by atoms with Crippen molar-refractivity contribution in [2.24, 2.45) is 0 Å². The van der Waals surface area contributed by atoms with Crippen LogP contribution in [0.2, 0.25) is 0 Å². The van der Waals surface area contributed by atoms with E-state index in [2.05, 4.69) is 15.9 Å². The lowest BCUT2D eigenvalue weighted by atomic mass is 10.1. The van der Waals surface area contributed by atoms with E-state index >= 15 is 0 Å². The van der Waals surface area contributed by atoms with Gasteiger partial charge < -0.3 is 10.0 Å². The van der Waals surface area contributed by atoms with Crippen LogP contribution in [0, 0.1) is 0 Å². The molecular weight excluding hydrogens is 246 g/mol. The minimum Gasteiger partial charge on any atom is -0.396 e. The van der Waals surface area contributed by atoms with E-state index in [1.807, 2.05) is 27.7 Å². The van der Waals surface area contributed by atoms with Gasteiger partial charge in [0.25, 0.3) is 0 Å². The van der Waals surface area contributed by atoms with Crippen molar-refractivity contribution in [3.05, 3.63) is 0 Å². The highest BCUT2D eigenvalue weighted by molar-refractivity contribution is 9.10. The zero-order chi connectivity index (χ0) is 11.4. The quantitative estimate of drug-likeness (QED) is 0.770. The Morgan fingerprint density at radius 3 is 2.29 bits per heavy atom. The number of rotatable bonds is 5. The van der Waals surface area contributed by atoms with E-state index in [-0.39, 0.29) is 18.6 Å². The topological polar surface area (TPSA) is 40.5 Å². The minimum absolute atomic E-state index is 0.0703. The summed E-state index contributed by atoms with van der Waals surface area (Å²) >= 11 is 3.35. The number of nitrogens with zero attached hydrogens (tertiary/aromatic N) is 1. The fraction of sp³-hybridized carbons (Fsp3) is 0.900. The molecule has 0 radical (unpaired) electrons. The number of alkyl halides is 1. The third kappa shape index (κ3) is 4.42. The van der Waals surface area contributed by atoms with Gasteiger partial charge in [0.2, 0.25) is 5.91 Å². The van der Waals surface area contributed by atoms with Crippen LogP contribution in [-0.4, -0.2) is 39.4 Å². The van der Waals surface area contributed by atoms with Crippen molar-refractivity contribution < 1.29 is 9.90 Å². The summed E-state index contributed by atoms with van der Waals surface area (Å²) in [6.07, 6.45) is 0.632. The molecule has 0 bridgehead atoms. The first-order valence-electron chi connectivity index (χ1n) is 4.91. The smallest absolute Gasteiger partial charge is 0.239 e. The zero-order valence-corrected chi connectivity index (χ0v) is 11.0. The van der Waals surface area contributed by atoms with Gasteiger partial charge in [0.15, 0.2) is 0 Å². The molecule has 0 unspecified atom stereocenters. The Balaban J connectivity index is 4.42. The van der Waals surface area contributed by atoms with E-state index < -0.39 is 4.32 Å². The van der Waals surface area contributed by atoms with Gasteiger partial charge in [-0.1, -0.05) is 15.9 Å². The summed E-state index contributed by atoms with van der Waals surface area (Å²) in [5.74, 6) is 0.0703. The summed E-state index contributed by atoms with van der Waals surface area (Å²) < 4.78 is -0.521. The number of amides is 1. The van der Waals surface area contributed by atoms with Crippen LogP contribution in [0.1, 0.15) is 34.1 Å². The molecular formula is C10H20BrNO2. The summed E-state index contributed by atoms with van der Waals surface area (Å²) in [4.78, 5) is 13.7. The van der Waals surface area contributed by atoms with E-state index in [9.17, 15) is 4.79 Å². The molecule has 0 aliphatic carbocycles. The molecule has 0 saturated heterocycles. The van der Waals surface area contributed by atoms with Crippen LogP contribution in [-0.2, 0) is 4.79 Å². The highest BCUT2D eigenvalue weighted by atomic mass is 79.9. The largest absolute Gasteiger partial charge is 0.396 e. The molecule has 0 atom stereocenters. The molecule has 14 heavy (non-hydrogen) atoms. The first-order chi connectivity index (χ1) is 6.30. The lowest BCUT2D eigenvalue weighted by molar-refractivity contribution is -0.134. The van der Waals surface area contributed by atoms with Crippen molar-refractivity contribution >= 4 is 21.8 Å². The summed E-state index contributed by atoms with van der Waals surface area (Å²) in [7, 11) is 0. The van der Waals surface area contributed by atoms with Crippen LogP contribution >= 0.6 is 15.9 Å². The van der Waals surface area contributed by atoms with Crippen molar-refractivity contribution in [3.63, 3.8) is 0 Å². The van der Waals surface area contributed by atoms with Gasteiger partial charge >= 0.3 is 0 Å². The third-order valence-corrected chi connectivity index (χ3v) is 2.29. The maximum atomic E-state index is 11.9. The second kappa shape index (κ2) is 5.71. The van der Waals surface area contributed by atoms with Crippen LogP contribution in [0.5, 0.6) is 0 Å². The number of carbonyl (C=O) groups excluding carboxylic acids is 1. The predicted octanol–water partition coefficient (Wildman–Crippen LogP) is 1.78. The molecule has 0 aliphatic heterocycles. The summed E-state index contributed by atoms with van der Waals surface area (Å²) in [5.41, 5.74) is 0. The van der Waals surface area contributed by atoms with Gasteiger partial charge in [0, 0.05) is 19.2 Å². The van der Waals surface area contributed by atoms with Gasteiger partial charge in [-0.15, -0.1) is 0 Å². The number of aliphatic hydroxyl groups excluding tert-OH is 1. The van der Waals surface area contributed by atoms with E-state index in [0.29, 0.717) is 13.0 Å². The Bertz CT molecular complexity index is 187. The summed E-state index contributed by atoms with van der Waals surface area (Å²) in [6.45, 7) is 8.37. The Morgan fingerprint density at radius 2 is 2.00 bits per heavy atom. The maximum Gasteiger partial charge on any atom is 0.239 e. The molecule has 3 nitrogen and oxygen atoms in total. The van der Waals surface area contributed by atoms with Gasteiger partial charge in [0.05, 0.1) is 4.32 Å². The minimum atomic E-state index is -0.521. The fourth-order valence-electron chi connectivity index (χ4n) is 1.18. The lowest BCUT2D eigenvalue weighted by Gasteiger charge is -2.31. The molecule has 0 aliphatic rings. The van der Waals surface area contributed by atoms with Crippen molar-refractivity contribution in [1.29, 1.82) is 0 Å². The molecule has 0 fully saturated rings. The highest BCUT2D eigenvalue weighted by Gasteiger charge is 2.29. The van der Waals surface area contributed by atoms with Gasteiger partial charge in [-0.3, -0.25) is 4.79 Å². The van der Waals surface area contributed by atoms with E-state index in [0.717, 1.165) is 0 Å². The third-order valence-electron chi connectivity index (χ3n) is 1.95. The van der Waals surface area contributed by atoms with Crippen LogP contribution in [0.15, 0.2) is 0 Å². The number of hydrogen-bond acceptors (Lipinski definition) is 2. The standard InChI is InChI=1S/C10H20BrNO2/c1-8(2)12(6-5-7-13)9(14)10(3,4)11/h8,13H,5-7H2,1-4H3. The highest BCUT2D eigenvalue weighted by Crippen LogP contribution is 2.20. The molecule has 1 amide bonds. The molecule has 0 spiro atoms. The van der Waals surface area contributed by atoms with Crippen molar-refractivity contribution in [2.75, 3.05) is 13.2 Å². The van der Waals surface area contributed by atoms with E-state index in [1.54, 1.807) is 4.90 Å². The maximum absolute atomic E-state index is 11.9. The fourth-order valence-corrected chi connectivity index (χ4v) is 1.40. The van der Waals surface area contributed by atoms with Crippen LogP contribution in [0.4, 0.5) is 0 Å². The molecule has 0 heterocycles. The summed E-state index contributed by atoms with van der Waals surface area (Å²) in [5, 5.41) is 8.73. The monoisotopic (exact) mass is 265 g/mol. The molecule has 0 aromatic carbocycles. The van der Waals surface area contributed by atoms with Gasteiger partial charge in [-0.2, -0.15) is 0 Å². The second-order valence-corrected chi connectivity index (χ2v) is 6.12. The zero-order valence-electron chi connectivity index (χ0n) is 9.38. The first-order valence-corrected chi connectivity index (χ1v) is 5.71. The van der Waals surface area contributed by atoms with Crippen LogP contribution in [0.25, 0.3) is 0 Å². The number of hydrogen-bond donors (Lipinski definition) is 1.